The van der Waals surface area contributed by atoms with Gasteiger partial charge in [-0.05, 0) is 12.3 Å². The van der Waals surface area contributed by atoms with Crippen LogP contribution in [0.15, 0.2) is 0 Å². The standard InChI is InChI=1S/C15H31N3O2/c1-4-5-14(11-16)17-6-8-18(9-7-17)15(19)10-13(2)12-20-3/h13-14H,4-12,16H2,1-3H3. The van der Waals surface area contributed by atoms with E-state index in [4.69, 9.17) is 10.5 Å². The number of carbonyl (C=O) groups excluding carboxylic acids is 1. The number of ether oxygens (including phenoxy) is 1. The Morgan fingerprint density at radius 2 is 1.95 bits per heavy atom. The maximum absolute atomic E-state index is 12.2. The number of nitrogens with zero attached hydrogens (tertiary/aromatic N) is 2. The zero-order valence-electron chi connectivity index (χ0n) is 13.3. The molecule has 0 bridgehead atoms. The molecule has 2 atom stereocenters. The SMILES string of the molecule is CCCC(CN)N1CCN(C(=O)CC(C)COC)CC1. The quantitative estimate of drug-likeness (QED) is 0.721. The Balaban J connectivity index is 2.35. The van der Waals surface area contributed by atoms with E-state index in [1.807, 2.05) is 4.90 Å². The fourth-order valence-electron chi connectivity index (χ4n) is 2.89. The molecule has 1 aliphatic rings. The van der Waals surface area contributed by atoms with Crippen LogP contribution in [0.5, 0.6) is 0 Å². The van der Waals surface area contributed by atoms with Crippen LogP contribution in [0.3, 0.4) is 0 Å². The number of hydrogen-bond donors (Lipinski definition) is 1. The fourth-order valence-corrected chi connectivity index (χ4v) is 2.89. The van der Waals surface area contributed by atoms with Crippen molar-refractivity contribution >= 4 is 5.91 Å². The Morgan fingerprint density at radius 3 is 2.45 bits per heavy atom. The highest BCUT2D eigenvalue weighted by Gasteiger charge is 2.25. The lowest BCUT2D eigenvalue weighted by Gasteiger charge is -2.39. The summed E-state index contributed by atoms with van der Waals surface area (Å²) in [6.07, 6.45) is 2.90. The number of piperazine rings is 1. The van der Waals surface area contributed by atoms with Crippen LogP contribution in [-0.2, 0) is 9.53 Å². The summed E-state index contributed by atoms with van der Waals surface area (Å²) in [6.45, 7) is 9.18. The first kappa shape index (κ1) is 17.4. The Hall–Kier alpha value is -0.650. The summed E-state index contributed by atoms with van der Waals surface area (Å²) in [5.41, 5.74) is 5.85. The monoisotopic (exact) mass is 285 g/mol. The Kier molecular flexibility index (Phi) is 8.11. The molecule has 20 heavy (non-hydrogen) atoms. The number of carbonyl (C=O) groups is 1. The van der Waals surface area contributed by atoms with Gasteiger partial charge in [0.15, 0.2) is 0 Å². The van der Waals surface area contributed by atoms with Crippen LogP contribution in [-0.4, -0.2) is 68.2 Å². The number of hydrogen-bond acceptors (Lipinski definition) is 4. The lowest BCUT2D eigenvalue weighted by atomic mass is 10.1. The average Bonchev–Trinajstić information content (AvgIpc) is 2.45. The van der Waals surface area contributed by atoms with Gasteiger partial charge in [0.1, 0.15) is 0 Å². The average molecular weight is 285 g/mol. The molecule has 1 aliphatic heterocycles. The first-order valence-electron chi connectivity index (χ1n) is 7.83. The third-order valence-corrected chi connectivity index (χ3v) is 4.05. The van der Waals surface area contributed by atoms with E-state index in [2.05, 4.69) is 18.7 Å². The summed E-state index contributed by atoms with van der Waals surface area (Å²) < 4.78 is 5.09. The number of rotatable bonds is 8. The maximum Gasteiger partial charge on any atom is 0.223 e. The summed E-state index contributed by atoms with van der Waals surface area (Å²) in [6, 6.07) is 0.477. The molecule has 2 N–H and O–H groups in total. The molecular formula is C15H31N3O2. The van der Waals surface area contributed by atoms with Crippen molar-refractivity contribution < 1.29 is 9.53 Å². The summed E-state index contributed by atoms with van der Waals surface area (Å²) in [5, 5.41) is 0. The molecule has 1 rings (SSSR count). The molecule has 0 saturated carbocycles. The van der Waals surface area contributed by atoms with Crippen molar-refractivity contribution in [3.8, 4) is 0 Å². The van der Waals surface area contributed by atoms with Crippen LogP contribution in [0.2, 0.25) is 0 Å². The predicted molar refractivity (Wildman–Crippen MR) is 81.6 cm³/mol. The second kappa shape index (κ2) is 9.32. The Morgan fingerprint density at radius 1 is 1.30 bits per heavy atom. The highest BCUT2D eigenvalue weighted by molar-refractivity contribution is 5.76. The molecule has 1 heterocycles. The van der Waals surface area contributed by atoms with Gasteiger partial charge in [0.2, 0.25) is 5.91 Å². The minimum atomic E-state index is 0.258. The molecule has 0 aromatic rings. The minimum absolute atomic E-state index is 0.258. The normalized spacial score (nSPS) is 19.9. The van der Waals surface area contributed by atoms with E-state index in [0.717, 1.165) is 39.0 Å². The molecule has 0 aliphatic carbocycles. The first-order valence-corrected chi connectivity index (χ1v) is 7.83. The third kappa shape index (κ3) is 5.38. The zero-order valence-corrected chi connectivity index (χ0v) is 13.3. The second-order valence-corrected chi connectivity index (χ2v) is 5.86. The fraction of sp³-hybridized carbons (Fsp3) is 0.933. The van der Waals surface area contributed by atoms with Gasteiger partial charge in [0, 0.05) is 58.9 Å². The highest BCUT2D eigenvalue weighted by Crippen LogP contribution is 2.13. The molecule has 1 fully saturated rings. The smallest absolute Gasteiger partial charge is 0.223 e. The van der Waals surface area contributed by atoms with E-state index in [9.17, 15) is 4.79 Å². The van der Waals surface area contributed by atoms with Gasteiger partial charge in [-0.2, -0.15) is 0 Å². The second-order valence-electron chi connectivity index (χ2n) is 5.86. The summed E-state index contributed by atoms with van der Waals surface area (Å²) in [4.78, 5) is 16.6. The number of amides is 1. The molecule has 5 nitrogen and oxygen atoms in total. The van der Waals surface area contributed by atoms with Crippen LogP contribution in [0.4, 0.5) is 0 Å². The van der Waals surface area contributed by atoms with E-state index in [-0.39, 0.29) is 5.91 Å². The van der Waals surface area contributed by atoms with Crippen molar-refractivity contribution in [1.82, 2.24) is 9.80 Å². The zero-order chi connectivity index (χ0) is 15.0. The molecule has 1 amide bonds. The van der Waals surface area contributed by atoms with Gasteiger partial charge < -0.3 is 15.4 Å². The van der Waals surface area contributed by atoms with Gasteiger partial charge in [0.25, 0.3) is 0 Å². The van der Waals surface area contributed by atoms with Crippen molar-refractivity contribution in [2.24, 2.45) is 11.7 Å². The summed E-state index contributed by atoms with van der Waals surface area (Å²) in [5.74, 6) is 0.552. The first-order chi connectivity index (χ1) is 9.62. The van der Waals surface area contributed by atoms with E-state index >= 15 is 0 Å². The van der Waals surface area contributed by atoms with Gasteiger partial charge in [-0.3, -0.25) is 9.69 Å². The summed E-state index contributed by atoms with van der Waals surface area (Å²) >= 11 is 0. The maximum atomic E-state index is 12.2. The topological polar surface area (TPSA) is 58.8 Å². The van der Waals surface area contributed by atoms with Crippen LogP contribution < -0.4 is 5.73 Å². The van der Waals surface area contributed by atoms with Gasteiger partial charge >= 0.3 is 0 Å². The minimum Gasteiger partial charge on any atom is -0.384 e. The van der Waals surface area contributed by atoms with Crippen molar-refractivity contribution in [3.63, 3.8) is 0 Å². The predicted octanol–water partition coefficient (Wildman–Crippen LogP) is 0.931. The van der Waals surface area contributed by atoms with Crippen molar-refractivity contribution in [3.05, 3.63) is 0 Å². The van der Waals surface area contributed by atoms with Crippen LogP contribution in [0.1, 0.15) is 33.1 Å². The van der Waals surface area contributed by atoms with Crippen LogP contribution >= 0.6 is 0 Å². The van der Waals surface area contributed by atoms with Gasteiger partial charge in [-0.1, -0.05) is 20.3 Å². The lowest BCUT2D eigenvalue weighted by Crippen LogP contribution is -2.53. The lowest BCUT2D eigenvalue weighted by molar-refractivity contribution is -0.134. The van der Waals surface area contributed by atoms with E-state index < -0.39 is 0 Å². The number of methoxy groups -OCH3 is 1. The summed E-state index contributed by atoms with van der Waals surface area (Å²) in [7, 11) is 1.68. The van der Waals surface area contributed by atoms with E-state index in [1.165, 1.54) is 0 Å². The van der Waals surface area contributed by atoms with Gasteiger partial charge in [0.05, 0.1) is 0 Å². The van der Waals surface area contributed by atoms with Gasteiger partial charge in [-0.15, -0.1) is 0 Å². The molecule has 0 aromatic heterocycles. The number of nitrogens with two attached hydrogens (primary N) is 1. The molecule has 1 saturated heterocycles. The van der Waals surface area contributed by atoms with E-state index in [0.29, 0.717) is 31.5 Å². The Bertz CT molecular complexity index is 278. The molecule has 5 heteroatoms. The largest absolute Gasteiger partial charge is 0.384 e. The molecule has 0 aromatic carbocycles. The van der Waals surface area contributed by atoms with Crippen molar-refractivity contribution in [2.45, 2.75) is 39.2 Å². The molecule has 2 unspecified atom stereocenters. The molecule has 0 spiro atoms. The molecular weight excluding hydrogens is 254 g/mol. The van der Waals surface area contributed by atoms with Crippen molar-refractivity contribution in [2.75, 3.05) is 46.4 Å². The van der Waals surface area contributed by atoms with Crippen LogP contribution in [0, 0.1) is 5.92 Å². The Labute approximate surface area is 123 Å². The highest BCUT2D eigenvalue weighted by atomic mass is 16.5. The van der Waals surface area contributed by atoms with Crippen LogP contribution in [0.25, 0.3) is 0 Å². The molecule has 118 valence electrons. The third-order valence-electron chi connectivity index (χ3n) is 4.05. The van der Waals surface area contributed by atoms with Crippen molar-refractivity contribution in [1.29, 1.82) is 0 Å². The molecule has 0 radical (unpaired) electrons. The van der Waals surface area contributed by atoms with Gasteiger partial charge in [-0.25, -0.2) is 0 Å². The van der Waals surface area contributed by atoms with E-state index in [1.54, 1.807) is 7.11 Å².